The van der Waals surface area contributed by atoms with E-state index in [1.54, 1.807) is 7.11 Å². The Hall–Kier alpha value is -0.0800. The van der Waals surface area contributed by atoms with E-state index in [-0.39, 0.29) is 0 Å². The lowest BCUT2D eigenvalue weighted by Gasteiger charge is -2.37. The maximum atomic E-state index is 9.50. The Kier molecular flexibility index (Phi) is 9.76. The first-order chi connectivity index (χ1) is 8.56. The van der Waals surface area contributed by atoms with Gasteiger partial charge in [0.25, 0.3) is 0 Å². The minimum atomic E-state index is 0.321. The first-order valence-corrected chi connectivity index (χ1v) is 7.66. The number of hydrogen-bond donors (Lipinski definition) is 1. The fourth-order valence-electron chi connectivity index (χ4n) is 3.44. The summed E-state index contributed by atoms with van der Waals surface area (Å²) in [6.07, 6.45) is 3.44. The molecule has 0 amide bonds. The molecular weight excluding hydrogens is 224 g/mol. The van der Waals surface area contributed by atoms with Gasteiger partial charge in [0.15, 0.2) is 0 Å². The number of hydrogen-bond acceptors (Lipinski definition) is 2. The first-order valence-electron chi connectivity index (χ1n) is 7.66. The van der Waals surface area contributed by atoms with Crippen molar-refractivity contribution in [3.63, 3.8) is 0 Å². The summed E-state index contributed by atoms with van der Waals surface area (Å²) < 4.78 is 5.35. The molecule has 0 radical (unpaired) electrons. The fourth-order valence-corrected chi connectivity index (χ4v) is 3.44. The summed E-state index contributed by atoms with van der Waals surface area (Å²) in [6.45, 7) is 12.6. The highest BCUT2D eigenvalue weighted by Gasteiger charge is 2.30. The van der Waals surface area contributed by atoms with Crippen molar-refractivity contribution in [2.24, 2.45) is 29.6 Å². The van der Waals surface area contributed by atoms with Gasteiger partial charge in [0, 0.05) is 20.3 Å². The molecule has 0 rings (SSSR count). The second-order valence-electron chi connectivity index (χ2n) is 5.76. The molecule has 0 aliphatic carbocycles. The van der Waals surface area contributed by atoms with Crippen LogP contribution in [0.2, 0.25) is 0 Å². The molecule has 2 nitrogen and oxygen atoms in total. The minimum absolute atomic E-state index is 0.321. The molecule has 0 aliphatic rings. The van der Waals surface area contributed by atoms with Crippen LogP contribution in [0.4, 0.5) is 0 Å². The largest absolute Gasteiger partial charge is 0.396 e. The Bertz CT molecular complexity index is 190. The number of ether oxygens (including phenoxy) is 1. The van der Waals surface area contributed by atoms with Gasteiger partial charge in [-0.15, -0.1) is 0 Å². The van der Waals surface area contributed by atoms with Crippen LogP contribution in [0.25, 0.3) is 0 Å². The lowest BCUT2D eigenvalue weighted by Crippen LogP contribution is -2.32. The van der Waals surface area contributed by atoms with Crippen molar-refractivity contribution >= 4 is 0 Å². The van der Waals surface area contributed by atoms with Gasteiger partial charge in [0.05, 0.1) is 0 Å². The van der Waals surface area contributed by atoms with Crippen LogP contribution in [-0.4, -0.2) is 25.4 Å². The predicted octanol–water partition coefficient (Wildman–Crippen LogP) is 3.98. The van der Waals surface area contributed by atoms with Crippen molar-refractivity contribution in [3.8, 4) is 0 Å². The van der Waals surface area contributed by atoms with Gasteiger partial charge in [-0.25, -0.2) is 0 Å². The predicted molar refractivity (Wildman–Crippen MR) is 78.6 cm³/mol. The van der Waals surface area contributed by atoms with Crippen LogP contribution in [0.5, 0.6) is 0 Å². The van der Waals surface area contributed by atoms with Gasteiger partial charge < -0.3 is 9.84 Å². The zero-order valence-corrected chi connectivity index (χ0v) is 13.3. The van der Waals surface area contributed by atoms with Gasteiger partial charge in [-0.3, -0.25) is 0 Å². The standard InChI is InChI=1S/C16H34O2/c1-7-14(10-17)12(4)16(9-3)13(5)15(8-2)11-18-6/h12-17H,7-11H2,1-6H3. The molecule has 18 heavy (non-hydrogen) atoms. The van der Waals surface area contributed by atoms with E-state index in [0.29, 0.717) is 36.2 Å². The maximum absolute atomic E-state index is 9.50. The average molecular weight is 258 g/mol. The van der Waals surface area contributed by atoms with Crippen LogP contribution in [0.3, 0.4) is 0 Å². The Balaban J connectivity index is 4.72. The van der Waals surface area contributed by atoms with Gasteiger partial charge in [0.1, 0.15) is 0 Å². The van der Waals surface area contributed by atoms with E-state index >= 15 is 0 Å². The molecule has 0 saturated carbocycles. The molecule has 0 aromatic heterocycles. The third kappa shape index (κ3) is 4.89. The number of rotatable bonds is 10. The molecule has 0 bridgehead atoms. The van der Waals surface area contributed by atoms with E-state index in [1.165, 1.54) is 12.8 Å². The van der Waals surface area contributed by atoms with E-state index in [0.717, 1.165) is 13.0 Å². The van der Waals surface area contributed by atoms with E-state index in [9.17, 15) is 5.11 Å². The summed E-state index contributed by atoms with van der Waals surface area (Å²) in [5, 5.41) is 9.50. The van der Waals surface area contributed by atoms with Crippen LogP contribution >= 0.6 is 0 Å². The normalized spacial score (nSPS) is 20.2. The molecule has 2 heteroatoms. The van der Waals surface area contributed by atoms with Crippen LogP contribution in [0, 0.1) is 29.6 Å². The molecule has 0 fully saturated rings. The zero-order valence-electron chi connectivity index (χ0n) is 13.3. The lowest BCUT2D eigenvalue weighted by atomic mass is 9.70. The molecule has 0 spiro atoms. The highest BCUT2D eigenvalue weighted by Crippen LogP contribution is 2.36. The molecule has 0 aromatic rings. The molecule has 0 aromatic carbocycles. The molecule has 110 valence electrons. The number of methoxy groups -OCH3 is 1. The van der Waals surface area contributed by atoms with Crippen molar-refractivity contribution in [1.82, 2.24) is 0 Å². The molecular formula is C16H34O2. The zero-order chi connectivity index (χ0) is 14.1. The van der Waals surface area contributed by atoms with Crippen molar-refractivity contribution in [2.75, 3.05) is 20.3 Å². The van der Waals surface area contributed by atoms with Gasteiger partial charge in [-0.05, 0) is 29.6 Å². The summed E-state index contributed by atoms with van der Waals surface area (Å²) in [5.74, 6) is 3.01. The van der Waals surface area contributed by atoms with Crippen molar-refractivity contribution < 1.29 is 9.84 Å². The second kappa shape index (κ2) is 9.80. The number of aliphatic hydroxyl groups is 1. The third-order valence-corrected chi connectivity index (χ3v) is 4.97. The Labute approximate surface area is 114 Å². The molecule has 1 N–H and O–H groups in total. The van der Waals surface area contributed by atoms with Crippen molar-refractivity contribution in [2.45, 2.75) is 53.9 Å². The molecule has 0 aliphatic heterocycles. The maximum Gasteiger partial charge on any atom is 0.0493 e. The van der Waals surface area contributed by atoms with Crippen molar-refractivity contribution in [1.29, 1.82) is 0 Å². The smallest absolute Gasteiger partial charge is 0.0493 e. The summed E-state index contributed by atoms with van der Waals surface area (Å²) in [7, 11) is 1.79. The monoisotopic (exact) mass is 258 g/mol. The van der Waals surface area contributed by atoms with Crippen molar-refractivity contribution in [3.05, 3.63) is 0 Å². The Morgan fingerprint density at radius 1 is 0.889 bits per heavy atom. The highest BCUT2D eigenvalue weighted by atomic mass is 16.5. The Morgan fingerprint density at radius 3 is 1.72 bits per heavy atom. The summed E-state index contributed by atoms with van der Waals surface area (Å²) in [6, 6.07) is 0. The second-order valence-corrected chi connectivity index (χ2v) is 5.76. The minimum Gasteiger partial charge on any atom is -0.396 e. The summed E-state index contributed by atoms with van der Waals surface area (Å²) >= 11 is 0. The van der Waals surface area contributed by atoms with Crippen LogP contribution in [0.15, 0.2) is 0 Å². The fraction of sp³-hybridized carbons (Fsp3) is 1.00. The van der Waals surface area contributed by atoms with Gasteiger partial charge in [-0.2, -0.15) is 0 Å². The summed E-state index contributed by atoms with van der Waals surface area (Å²) in [5.41, 5.74) is 0. The van der Waals surface area contributed by atoms with Crippen LogP contribution in [-0.2, 0) is 4.74 Å². The van der Waals surface area contributed by atoms with E-state index in [2.05, 4.69) is 34.6 Å². The SMILES string of the molecule is CCC(CO)C(C)C(CC)C(C)C(CC)COC. The molecule has 0 heterocycles. The highest BCUT2D eigenvalue weighted by molar-refractivity contribution is 4.79. The van der Waals surface area contributed by atoms with Gasteiger partial charge in [-0.1, -0.05) is 53.9 Å². The van der Waals surface area contributed by atoms with Crippen LogP contribution < -0.4 is 0 Å². The summed E-state index contributed by atoms with van der Waals surface area (Å²) in [4.78, 5) is 0. The van der Waals surface area contributed by atoms with E-state index in [4.69, 9.17) is 4.74 Å². The molecule has 5 atom stereocenters. The third-order valence-electron chi connectivity index (χ3n) is 4.97. The Morgan fingerprint density at radius 2 is 1.39 bits per heavy atom. The number of aliphatic hydroxyl groups excluding tert-OH is 1. The van der Waals surface area contributed by atoms with Gasteiger partial charge >= 0.3 is 0 Å². The topological polar surface area (TPSA) is 29.5 Å². The van der Waals surface area contributed by atoms with Crippen LogP contribution in [0.1, 0.15) is 53.9 Å². The quantitative estimate of drug-likeness (QED) is 0.642. The molecule has 5 unspecified atom stereocenters. The molecule has 0 saturated heterocycles. The van der Waals surface area contributed by atoms with E-state index < -0.39 is 0 Å². The lowest BCUT2D eigenvalue weighted by molar-refractivity contribution is 0.0563. The average Bonchev–Trinajstić information content (AvgIpc) is 2.38. The first kappa shape index (κ1) is 17.9. The van der Waals surface area contributed by atoms with Gasteiger partial charge in [0.2, 0.25) is 0 Å². The van der Waals surface area contributed by atoms with E-state index in [1.807, 2.05) is 0 Å².